The lowest BCUT2D eigenvalue weighted by Gasteiger charge is -2.19. The van der Waals surface area contributed by atoms with Crippen LogP contribution >= 0.6 is 0 Å². The van der Waals surface area contributed by atoms with Crippen LogP contribution in [0.5, 0.6) is 0 Å². The summed E-state index contributed by atoms with van der Waals surface area (Å²) >= 11 is 0. The normalized spacial score (nSPS) is 14.5. The third-order valence-corrected chi connectivity index (χ3v) is 3.72. The van der Waals surface area contributed by atoms with Crippen LogP contribution in [0.1, 0.15) is 54.2 Å². The zero-order valence-corrected chi connectivity index (χ0v) is 12.2. The van der Waals surface area contributed by atoms with Crippen molar-refractivity contribution in [2.45, 2.75) is 51.5 Å². The molecular weight excluding hydrogens is 270 g/mol. The van der Waals surface area contributed by atoms with Crippen LogP contribution in [-0.2, 0) is 17.6 Å². The Bertz CT molecular complexity index is 557. The van der Waals surface area contributed by atoms with Crippen LogP contribution in [-0.4, -0.2) is 28.0 Å². The van der Waals surface area contributed by atoms with Gasteiger partial charge in [0.2, 0.25) is 0 Å². The number of anilines is 1. The predicted molar refractivity (Wildman–Crippen MR) is 79.4 cm³/mol. The number of hydrogen-bond acceptors (Lipinski definition) is 4. The largest absolute Gasteiger partial charge is 0.481 e. The van der Waals surface area contributed by atoms with Gasteiger partial charge in [0.25, 0.3) is 5.91 Å². The van der Waals surface area contributed by atoms with Crippen LogP contribution in [0.15, 0.2) is 6.07 Å². The molecule has 1 heterocycles. The van der Waals surface area contributed by atoms with E-state index in [1.807, 2.05) is 6.92 Å². The van der Waals surface area contributed by atoms with E-state index in [1.165, 1.54) is 0 Å². The molecule has 0 saturated carbocycles. The van der Waals surface area contributed by atoms with Crippen molar-refractivity contribution >= 4 is 17.7 Å². The van der Waals surface area contributed by atoms with Crippen molar-refractivity contribution in [2.24, 2.45) is 5.73 Å². The average molecular weight is 291 g/mol. The van der Waals surface area contributed by atoms with E-state index in [4.69, 9.17) is 10.8 Å². The minimum atomic E-state index is -0.872. The van der Waals surface area contributed by atoms with Crippen molar-refractivity contribution in [3.8, 4) is 0 Å². The summed E-state index contributed by atoms with van der Waals surface area (Å²) < 4.78 is 0. The molecule has 0 aromatic carbocycles. The number of nitrogens with two attached hydrogens (primary N) is 1. The van der Waals surface area contributed by atoms with Gasteiger partial charge in [0.1, 0.15) is 5.82 Å². The Balaban J connectivity index is 2.28. The third kappa shape index (κ3) is 3.71. The van der Waals surface area contributed by atoms with Crippen molar-refractivity contribution in [2.75, 3.05) is 5.32 Å². The second-order valence-corrected chi connectivity index (χ2v) is 5.44. The van der Waals surface area contributed by atoms with Gasteiger partial charge in [-0.2, -0.15) is 0 Å². The first kappa shape index (κ1) is 15.3. The van der Waals surface area contributed by atoms with Gasteiger partial charge in [-0.15, -0.1) is 0 Å². The van der Waals surface area contributed by atoms with Gasteiger partial charge in [0, 0.05) is 11.7 Å². The van der Waals surface area contributed by atoms with Gasteiger partial charge in [-0.3, -0.25) is 9.59 Å². The van der Waals surface area contributed by atoms with Crippen molar-refractivity contribution in [3.05, 3.63) is 22.9 Å². The van der Waals surface area contributed by atoms with E-state index in [9.17, 15) is 9.59 Å². The lowest BCUT2D eigenvalue weighted by atomic mass is 10.1. The number of rotatable bonds is 7. The molecule has 0 saturated heterocycles. The first-order chi connectivity index (χ1) is 10.0. The number of carbonyl (C=O) groups excluding carboxylic acids is 1. The Morgan fingerprint density at radius 3 is 2.86 bits per heavy atom. The molecule has 1 aliphatic carbocycles. The van der Waals surface area contributed by atoms with Gasteiger partial charge in [0.15, 0.2) is 0 Å². The van der Waals surface area contributed by atoms with E-state index < -0.39 is 11.9 Å². The number of aliphatic carboxylic acids is 1. The smallest absolute Gasteiger partial charge is 0.305 e. The predicted octanol–water partition coefficient (Wildman–Crippen LogP) is 1.72. The molecule has 6 nitrogen and oxygen atoms in total. The number of aryl methyl sites for hydroxylation is 2. The quantitative estimate of drug-likeness (QED) is 0.709. The van der Waals surface area contributed by atoms with Crippen molar-refractivity contribution in [3.63, 3.8) is 0 Å². The summed E-state index contributed by atoms with van der Waals surface area (Å²) in [7, 11) is 0. The third-order valence-electron chi connectivity index (χ3n) is 3.72. The molecule has 0 bridgehead atoms. The van der Waals surface area contributed by atoms with Gasteiger partial charge in [-0.1, -0.05) is 13.3 Å². The number of carbonyl (C=O) groups is 2. The maximum Gasteiger partial charge on any atom is 0.305 e. The van der Waals surface area contributed by atoms with Crippen LogP contribution in [0.4, 0.5) is 5.82 Å². The number of nitrogens with zero attached hydrogens (tertiary/aromatic N) is 1. The summed E-state index contributed by atoms with van der Waals surface area (Å²) in [6.07, 6.45) is 4.37. The number of amides is 1. The molecule has 1 amide bonds. The molecule has 1 aromatic heterocycles. The molecule has 1 aromatic rings. The van der Waals surface area contributed by atoms with E-state index in [2.05, 4.69) is 10.3 Å². The van der Waals surface area contributed by atoms with Gasteiger partial charge >= 0.3 is 5.97 Å². The summed E-state index contributed by atoms with van der Waals surface area (Å²) in [6, 6.07) is 1.54. The van der Waals surface area contributed by atoms with Gasteiger partial charge < -0.3 is 16.2 Å². The van der Waals surface area contributed by atoms with Crippen molar-refractivity contribution < 1.29 is 14.7 Å². The number of fused-ring (bicyclic) bond motifs is 1. The number of hydrogen-bond donors (Lipinski definition) is 3. The fourth-order valence-electron chi connectivity index (χ4n) is 2.75. The standard InChI is InChI=1S/C15H21N3O3/c1-2-4-10(8-13(19)20)17-15-11(14(16)21)7-9-5-3-6-12(9)18-15/h7,10H,2-6,8H2,1H3,(H2,16,21)(H,17,18)(H,19,20). The number of carboxylic acids is 1. The average Bonchev–Trinajstić information content (AvgIpc) is 2.84. The van der Waals surface area contributed by atoms with E-state index in [1.54, 1.807) is 6.07 Å². The highest BCUT2D eigenvalue weighted by Crippen LogP contribution is 2.26. The highest BCUT2D eigenvalue weighted by molar-refractivity contribution is 5.98. The van der Waals surface area contributed by atoms with Crippen LogP contribution < -0.4 is 11.1 Å². The monoisotopic (exact) mass is 291 g/mol. The molecule has 2 rings (SSSR count). The molecule has 114 valence electrons. The van der Waals surface area contributed by atoms with E-state index in [-0.39, 0.29) is 12.5 Å². The second-order valence-electron chi connectivity index (χ2n) is 5.44. The second kappa shape index (κ2) is 6.56. The molecule has 21 heavy (non-hydrogen) atoms. The van der Waals surface area contributed by atoms with E-state index in [0.717, 1.165) is 36.9 Å². The number of aromatic nitrogens is 1. The molecule has 1 atom stereocenters. The Labute approximate surface area is 123 Å². The first-order valence-corrected chi connectivity index (χ1v) is 7.32. The zero-order valence-electron chi connectivity index (χ0n) is 12.2. The zero-order chi connectivity index (χ0) is 15.4. The fourth-order valence-corrected chi connectivity index (χ4v) is 2.75. The molecule has 1 unspecified atom stereocenters. The number of carboxylic acid groups (broad SMARTS) is 1. The SMILES string of the molecule is CCCC(CC(=O)O)Nc1nc2c(cc1C(N)=O)CCC2. The van der Waals surface area contributed by atoms with Crippen LogP contribution in [0, 0.1) is 0 Å². The topological polar surface area (TPSA) is 105 Å². The van der Waals surface area contributed by atoms with Gasteiger partial charge in [-0.25, -0.2) is 4.98 Å². The minimum Gasteiger partial charge on any atom is -0.481 e. The maximum absolute atomic E-state index is 11.6. The summed E-state index contributed by atoms with van der Waals surface area (Å²) in [6.45, 7) is 1.99. The fraction of sp³-hybridized carbons (Fsp3) is 0.533. The minimum absolute atomic E-state index is 0.00912. The van der Waals surface area contributed by atoms with Crippen LogP contribution in [0.2, 0.25) is 0 Å². The van der Waals surface area contributed by atoms with Crippen molar-refractivity contribution in [1.82, 2.24) is 4.98 Å². The lowest BCUT2D eigenvalue weighted by molar-refractivity contribution is -0.137. The summed E-state index contributed by atoms with van der Waals surface area (Å²) in [5.74, 6) is -0.990. The number of primary amides is 1. The number of nitrogens with one attached hydrogen (secondary N) is 1. The first-order valence-electron chi connectivity index (χ1n) is 7.32. The number of pyridine rings is 1. The van der Waals surface area contributed by atoms with Gasteiger partial charge in [-0.05, 0) is 37.3 Å². The molecule has 4 N–H and O–H groups in total. The van der Waals surface area contributed by atoms with Crippen LogP contribution in [0.3, 0.4) is 0 Å². The summed E-state index contributed by atoms with van der Waals surface area (Å²) in [5.41, 5.74) is 7.82. The molecule has 1 aliphatic rings. The maximum atomic E-state index is 11.6. The Morgan fingerprint density at radius 2 is 2.24 bits per heavy atom. The lowest BCUT2D eigenvalue weighted by Crippen LogP contribution is -2.26. The van der Waals surface area contributed by atoms with Gasteiger partial charge in [0.05, 0.1) is 12.0 Å². The Hall–Kier alpha value is -2.11. The Kier molecular flexibility index (Phi) is 4.77. The van der Waals surface area contributed by atoms with Crippen LogP contribution in [0.25, 0.3) is 0 Å². The summed E-state index contributed by atoms with van der Waals surface area (Å²) in [4.78, 5) is 27.0. The highest BCUT2D eigenvalue weighted by Gasteiger charge is 2.21. The molecule has 0 spiro atoms. The Morgan fingerprint density at radius 1 is 1.48 bits per heavy atom. The molecule has 0 aliphatic heterocycles. The molecule has 0 radical (unpaired) electrons. The highest BCUT2D eigenvalue weighted by atomic mass is 16.4. The molecule has 0 fully saturated rings. The van der Waals surface area contributed by atoms with E-state index >= 15 is 0 Å². The summed E-state index contributed by atoms with van der Waals surface area (Å²) in [5, 5.41) is 12.1. The van der Waals surface area contributed by atoms with Crippen molar-refractivity contribution in [1.29, 1.82) is 0 Å². The van der Waals surface area contributed by atoms with E-state index in [0.29, 0.717) is 17.8 Å². The molecular formula is C15H21N3O3. The molecule has 6 heteroatoms.